The van der Waals surface area contributed by atoms with Gasteiger partial charge in [0, 0.05) is 25.0 Å². The predicted octanol–water partition coefficient (Wildman–Crippen LogP) is 2.65. The molecule has 0 spiro atoms. The Balaban J connectivity index is 1.71. The smallest absolute Gasteiger partial charge is 0.226 e. The summed E-state index contributed by atoms with van der Waals surface area (Å²) >= 11 is 0. The Morgan fingerprint density at radius 3 is 2.86 bits per heavy atom. The molecule has 4 unspecified atom stereocenters. The topological polar surface area (TPSA) is 46.3 Å². The first-order valence-electron chi connectivity index (χ1n) is 7.97. The van der Waals surface area contributed by atoms with Crippen molar-refractivity contribution in [3.63, 3.8) is 0 Å². The molecule has 22 heavy (non-hydrogen) atoms. The number of carbonyl (C=O) groups is 1. The van der Waals surface area contributed by atoms with Crippen molar-refractivity contribution in [2.75, 3.05) is 13.1 Å². The largest absolute Gasteiger partial charge is 0.338 e. The summed E-state index contributed by atoms with van der Waals surface area (Å²) in [6.07, 6.45) is 2.50. The van der Waals surface area contributed by atoms with Gasteiger partial charge in [-0.3, -0.25) is 4.79 Å². The second kappa shape index (κ2) is 5.95. The maximum absolute atomic E-state index is 13.8. The zero-order valence-electron chi connectivity index (χ0n) is 12.8. The number of amides is 1. The molecule has 5 heteroatoms. The van der Waals surface area contributed by atoms with Gasteiger partial charge in [-0.25, -0.2) is 8.78 Å². The van der Waals surface area contributed by atoms with Gasteiger partial charge >= 0.3 is 0 Å². The molecule has 2 fully saturated rings. The molecule has 1 aromatic carbocycles. The Kier molecular flexibility index (Phi) is 4.17. The van der Waals surface area contributed by atoms with Gasteiger partial charge in [-0.15, -0.1) is 0 Å². The van der Waals surface area contributed by atoms with Gasteiger partial charge in [0.2, 0.25) is 5.91 Å². The van der Waals surface area contributed by atoms with Gasteiger partial charge in [-0.05, 0) is 42.7 Å². The van der Waals surface area contributed by atoms with Gasteiger partial charge in [0.05, 0.1) is 0 Å². The van der Waals surface area contributed by atoms with Crippen LogP contribution in [0.5, 0.6) is 0 Å². The molecule has 1 amide bonds. The molecular weight excluding hydrogens is 286 g/mol. The first kappa shape index (κ1) is 15.4. The van der Waals surface area contributed by atoms with E-state index in [0.29, 0.717) is 24.4 Å². The van der Waals surface area contributed by atoms with Crippen molar-refractivity contribution in [1.82, 2.24) is 4.90 Å². The molecule has 1 aliphatic carbocycles. The van der Waals surface area contributed by atoms with Crippen LogP contribution in [0.15, 0.2) is 18.2 Å². The molecule has 2 N–H and O–H groups in total. The van der Waals surface area contributed by atoms with Crippen LogP contribution in [0, 0.1) is 23.5 Å². The van der Waals surface area contributed by atoms with Crippen molar-refractivity contribution in [2.45, 2.75) is 38.1 Å². The van der Waals surface area contributed by atoms with Crippen molar-refractivity contribution in [1.29, 1.82) is 0 Å². The van der Waals surface area contributed by atoms with Crippen LogP contribution in [-0.2, 0) is 4.79 Å². The lowest BCUT2D eigenvalue weighted by Crippen LogP contribution is -2.50. The molecule has 2 aliphatic rings. The van der Waals surface area contributed by atoms with E-state index in [1.165, 1.54) is 6.07 Å². The molecule has 0 bridgehead atoms. The molecule has 3 rings (SSSR count). The minimum Gasteiger partial charge on any atom is -0.338 e. The van der Waals surface area contributed by atoms with Crippen LogP contribution in [0.4, 0.5) is 8.78 Å². The van der Waals surface area contributed by atoms with Crippen molar-refractivity contribution in [3.8, 4) is 0 Å². The number of hydrogen-bond acceptors (Lipinski definition) is 2. The highest BCUT2D eigenvalue weighted by molar-refractivity contribution is 5.83. The number of benzene rings is 1. The van der Waals surface area contributed by atoms with E-state index < -0.39 is 11.6 Å². The van der Waals surface area contributed by atoms with E-state index in [1.54, 1.807) is 6.07 Å². The second-order valence-corrected chi connectivity index (χ2v) is 6.64. The predicted molar refractivity (Wildman–Crippen MR) is 80.2 cm³/mol. The fraction of sp³-hybridized carbons (Fsp3) is 0.588. The van der Waals surface area contributed by atoms with Gasteiger partial charge in [-0.2, -0.15) is 0 Å². The number of rotatable bonds is 3. The quantitative estimate of drug-likeness (QED) is 0.933. The third-order valence-corrected chi connectivity index (χ3v) is 5.02. The maximum Gasteiger partial charge on any atom is 0.226 e. The summed E-state index contributed by atoms with van der Waals surface area (Å²) in [5.41, 5.74) is 6.13. The van der Waals surface area contributed by atoms with Gasteiger partial charge in [0.25, 0.3) is 0 Å². The highest BCUT2D eigenvalue weighted by atomic mass is 19.2. The number of nitrogens with zero attached hydrogens (tertiary/aromatic N) is 1. The summed E-state index contributed by atoms with van der Waals surface area (Å²) < 4.78 is 27.2. The van der Waals surface area contributed by atoms with Gasteiger partial charge in [0.1, 0.15) is 0 Å². The first-order valence-corrected chi connectivity index (χ1v) is 7.97. The summed E-state index contributed by atoms with van der Waals surface area (Å²) in [4.78, 5) is 14.5. The number of nitrogens with two attached hydrogens (primary N) is 1. The van der Waals surface area contributed by atoms with Gasteiger partial charge < -0.3 is 10.6 Å². The number of hydrogen-bond donors (Lipinski definition) is 1. The molecule has 120 valence electrons. The van der Waals surface area contributed by atoms with Crippen LogP contribution in [0.25, 0.3) is 0 Å². The van der Waals surface area contributed by atoms with Crippen LogP contribution in [0.3, 0.4) is 0 Å². The van der Waals surface area contributed by atoms with E-state index in [-0.39, 0.29) is 23.8 Å². The summed E-state index contributed by atoms with van der Waals surface area (Å²) in [7, 11) is 0. The van der Waals surface area contributed by atoms with E-state index in [0.717, 1.165) is 25.5 Å². The van der Waals surface area contributed by atoms with E-state index in [4.69, 9.17) is 5.73 Å². The van der Waals surface area contributed by atoms with Gasteiger partial charge in [-0.1, -0.05) is 19.1 Å². The van der Waals surface area contributed by atoms with E-state index in [1.807, 2.05) is 4.90 Å². The van der Waals surface area contributed by atoms with Crippen molar-refractivity contribution in [2.24, 2.45) is 17.6 Å². The highest BCUT2D eigenvalue weighted by Crippen LogP contribution is 2.50. The Morgan fingerprint density at radius 1 is 1.36 bits per heavy atom. The fourth-order valence-electron chi connectivity index (χ4n) is 3.60. The van der Waals surface area contributed by atoms with E-state index in [2.05, 4.69) is 6.92 Å². The van der Waals surface area contributed by atoms with Crippen molar-refractivity contribution in [3.05, 3.63) is 35.4 Å². The van der Waals surface area contributed by atoms with Crippen LogP contribution in [-0.4, -0.2) is 29.9 Å². The summed E-state index contributed by atoms with van der Waals surface area (Å²) in [5, 5.41) is 0. The Morgan fingerprint density at radius 2 is 2.14 bits per heavy atom. The minimum absolute atomic E-state index is 0.0519. The monoisotopic (exact) mass is 308 g/mol. The standard InChI is InChI=1S/C17H22F2N2O/c1-10-5-6-21(11(7-10)9-20)17(22)14-8-13(14)12-3-2-4-15(18)16(12)19/h2-4,10-11,13-14H,5-9,20H2,1H3. The maximum atomic E-state index is 13.8. The Bertz CT molecular complexity index is 578. The zero-order valence-corrected chi connectivity index (χ0v) is 12.8. The van der Waals surface area contributed by atoms with E-state index in [9.17, 15) is 13.6 Å². The minimum atomic E-state index is -0.845. The van der Waals surface area contributed by atoms with Gasteiger partial charge in [0.15, 0.2) is 11.6 Å². The number of carbonyl (C=O) groups excluding carboxylic acids is 1. The molecule has 0 radical (unpaired) electrons. The molecule has 1 heterocycles. The number of likely N-dealkylation sites (tertiary alicyclic amines) is 1. The fourth-order valence-corrected chi connectivity index (χ4v) is 3.60. The van der Waals surface area contributed by atoms with E-state index >= 15 is 0 Å². The average Bonchev–Trinajstić information content (AvgIpc) is 3.29. The lowest BCUT2D eigenvalue weighted by Gasteiger charge is -2.38. The molecule has 1 aliphatic heterocycles. The molecule has 4 atom stereocenters. The molecule has 1 saturated heterocycles. The van der Waals surface area contributed by atoms with Crippen LogP contribution >= 0.6 is 0 Å². The molecule has 1 aromatic rings. The average molecular weight is 308 g/mol. The third kappa shape index (κ3) is 2.74. The summed E-state index contributed by atoms with van der Waals surface area (Å²) in [6, 6.07) is 4.26. The molecular formula is C17H22F2N2O. The van der Waals surface area contributed by atoms with Crippen LogP contribution < -0.4 is 5.73 Å². The second-order valence-electron chi connectivity index (χ2n) is 6.64. The first-order chi connectivity index (χ1) is 10.5. The Hall–Kier alpha value is -1.49. The molecule has 3 nitrogen and oxygen atoms in total. The molecule has 0 aromatic heterocycles. The normalized spacial score (nSPS) is 31.2. The lowest BCUT2D eigenvalue weighted by molar-refractivity contribution is -0.136. The van der Waals surface area contributed by atoms with Crippen molar-refractivity contribution >= 4 is 5.91 Å². The highest BCUT2D eigenvalue weighted by Gasteiger charge is 2.48. The Labute approximate surface area is 129 Å². The number of piperidine rings is 1. The lowest BCUT2D eigenvalue weighted by atomic mass is 9.92. The van der Waals surface area contributed by atoms with Crippen molar-refractivity contribution < 1.29 is 13.6 Å². The SMILES string of the molecule is CC1CCN(C(=O)C2CC2c2cccc(F)c2F)C(CN)C1. The molecule has 1 saturated carbocycles. The number of halogens is 2. The summed E-state index contributed by atoms with van der Waals surface area (Å²) in [5.74, 6) is -1.45. The summed E-state index contributed by atoms with van der Waals surface area (Å²) in [6.45, 7) is 3.35. The zero-order chi connectivity index (χ0) is 15.9. The third-order valence-electron chi connectivity index (χ3n) is 5.02. The van der Waals surface area contributed by atoms with Crippen LogP contribution in [0.1, 0.15) is 37.7 Å². The van der Waals surface area contributed by atoms with Crippen LogP contribution in [0.2, 0.25) is 0 Å².